The molecule has 1 aromatic heterocycles. The number of imidazole rings is 1. The molecular formula is C28H25ClN2O2. The van der Waals surface area contributed by atoms with Crippen molar-refractivity contribution in [1.29, 1.82) is 0 Å². The van der Waals surface area contributed by atoms with E-state index in [2.05, 4.69) is 34.9 Å². The summed E-state index contributed by atoms with van der Waals surface area (Å²) in [6.07, 6.45) is 0.852. The molecule has 4 aromatic carbocycles. The van der Waals surface area contributed by atoms with E-state index in [4.69, 9.17) is 26.1 Å². The van der Waals surface area contributed by atoms with Gasteiger partial charge in [0.25, 0.3) is 0 Å². The highest BCUT2D eigenvalue weighted by Gasteiger charge is 2.11. The van der Waals surface area contributed by atoms with E-state index in [1.807, 2.05) is 61.5 Å². The Morgan fingerprint density at radius 1 is 0.818 bits per heavy atom. The minimum Gasteiger partial charge on any atom is -0.494 e. The summed E-state index contributed by atoms with van der Waals surface area (Å²) < 4.78 is 14.3. The van der Waals surface area contributed by atoms with Gasteiger partial charge in [0, 0.05) is 11.6 Å². The number of fused-ring (bicyclic) bond motifs is 2. The SMILES string of the molecule is Cc1cc(OCCCn2c(COc3ccc4ccccc4c3)nc3ccccc32)ccc1Cl. The lowest BCUT2D eigenvalue weighted by Gasteiger charge is -2.12. The van der Waals surface area contributed by atoms with E-state index >= 15 is 0 Å². The van der Waals surface area contributed by atoms with Gasteiger partial charge in [-0.15, -0.1) is 0 Å². The fraction of sp³-hybridized carbons (Fsp3) is 0.179. The number of halogens is 1. The minimum atomic E-state index is 0.407. The molecule has 5 aromatic rings. The maximum Gasteiger partial charge on any atom is 0.147 e. The first-order valence-corrected chi connectivity index (χ1v) is 11.5. The fourth-order valence-electron chi connectivity index (χ4n) is 4.01. The van der Waals surface area contributed by atoms with Crippen LogP contribution in [-0.4, -0.2) is 16.2 Å². The largest absolute Gasteiger partial charge is 0.494 e. The molecule has 5 heteroatoms. The predicted molar refractivity (Wildman–Crippen MR) is 134 cm³/mol. The van der Waals surface area contributed by atoms with Crippen LogP contribution in [0.25, 0.3) is 21.8 Å². The molecule has 4 nitrogen and oxygen atoms in total. The highest BCUT2D eigenvalue weighted by Crippen LogP contribution is 2.24. The van der Waals surface area contributed by atoms with Crippen LogP contribution in [0, 0.1) is 6.92 Å². The second-order valence-corrected chi connectivity index (χ2v) is 8.49. The molecule has 0 amide bonds. The van der Waals surface area contributed by atoms with Gasteiger partial charge in [0.05, 0.1) is 17.6 Å². The van der Waals surface area contributed by atoms with E-state index in [1.54, 1.807) is 0 Å². The first kappa shape index (κ1) is 21.4. The van der Waals surface area contributed by atoms with Gasteiger partial charge in [0.1, 0.15) is 23.9 Å². The van der Waals surface area contributed by atoms with E-state index in [0.29, 0.717) is 13.2 Å². The summed E-state index contributed by atoms with van der Waals surface area (Å²) in [5, 5.41) is 3.12. The zero-order chi connectivity index (χ0) is 22.6. The van der Waals surface area contributed by atoms with Crippen molar-refractivity contribution >= 4 is 33.4 Å². The molecule has 0 aliphatic carbocycles. The van der Waals surface area contributed by atoms with Crippen molar-refractivity contribution in [3.05, 3.63) is 101 Å². The summed E-state index contributed by atoms with van der Waals surface area (Å²) >= 11 is 6.11. The van der Waals surface area contributed by atoms with Crippen LogP contribution in [0.3, 0.4) is 0 Å². The molecule has 0 radical (unpaired) electrons. The van der Waals surface area contributed by atoms with Crippen molar-refractivity contribution in [1.82, 2.24) is 9.55 Å². The third-order valence-corrected chi connectivity index (χ3v) is 6.17. The monoisotopic (exact) mass is 456 g/mol. The lowest BCUT2D eigenvalue weighted by molar-refractivity contribution is 0.280. The summed E-state index contributed by atoms with van der Waals surface area (Å²) in [7, 11) is 0. The predicted octanol–water partition coefficient (Wildman–Crippen LogP) is 7.20. The third-order valence-electron chi connectivity index (χ3n) is 5.75. The Bertz CT molecular complexity index is 1410. The molecule has 33 heavy (non-hydrogen) atoms. The smallest absolute Gasteiger partial charge is 0.147 e. The lowest BCUT2D eigenvalue weighted by atomic mass is 10.1. The Balaban J connectivity index is 1.28. The highest BCUT2D eigenvalue weighted by atomic mass is 35.5. The Morgan fingerprint density at radius 3 is 2.45 bits per heavy atom. The molecule has 1 heterocycles. The van der Waals surface area contributed by atoms with E-state index in [1.165, 1.54) is 5.39 Å². The van der Waals surface area contributed by atoms with E-state index in [9.17, 15) is 0 Å². The van der Waals surface area contributed by atoms with Gasteiger partial charge in [-0.25, -0.2) is 4.98 Å². The number of benzene rings is 4. The number of hydrogen-bond donors (Lipinski definition) is 0. The van der Waals surface area contributed by atoms with Crippen molar-refractivity contribution in [3.63, 3.8) is 0 Å². The van der Waals surface area contributed by atoms with Crippen molar-refractivity contribution < 1.29 is 9.47 Å². The molecular weight excluding hydrogens is 432 g/mol. The summed E-state index contributed by atoms with van der Waals surface area (Å²) in [6, 6.07) is 28.4. The van der Waals surface area contributed by atoms with Gasteiger partial charge in [-0.05, 0) is 72.1 Å². The number of para-hydroxylation sites is 2. The average molecular weight is 457 g/mol. The first-order valence-electron chi connectivity index (χ1n) is 11.1. The quantitative estimate of drug-likeness (QED) is 0.232. The maximum absolute atomic E-state index is 6.14. The molecule has 0 N–H and O–H groups in total. The van der Waals surface area contributed by atoms with E-state index in [-0.39, 0.29) is 0 Å². The van der Waals surface area contributed by atoms with Gasteiger partial charge in [0.2, 0.25) is 0 Å². The maximum atomic E-state index is 6.14. The lowest BCUT2D eigenvalue weighted by Crippen LogP contribution is -2.10. The number of hydrogen-bond acceptors (Lipinski definition) is 3. The molecule has 5 rings (SSSR count). The molecule has 0 unspecified atom stereocenters. The van der Waals surface area contributed by atoms with Crippen LogP contribution in [-0.2, 0) is 13.2 Å². The molecule has 0 aliphatic rings. The topological polar surface area (TPSA) is 36.3 Å². The first-order chi connectivity index (χ1) is 16.2. The normalized spacial score (nSPS) is 11.2. The van der Waals surface area contributed by atoms with E-state index in [0.717, 1.165) is 57.3 Å². The molecule has 0 fully saturated rings. The van der Waals surface area contributed by atoms with E-state index < -0.39 is 0 Å². The Hall–Kier alpha value is -3.50. The number of rotatable bonds is 8. The zero-order valence-electron chi connectivity index (χ0n) is 18.5. The minimum absolute atomic E-state index is 0.407. The standard InChI is InChI=1S/C28H25ClN2O2/c1-20-17-23(13-14-25(20)29)32-16-6-15-31-27-10-5-4-9-26(27)30-28(31)19-33-24-12-11-21-7-2-3-8-22(21)18-24/h2-5,7-14,17-18H,6,15-16,19H2,1H3. The molecule has 0 bridgehead atoms. The van der Waals surface area contributed by atoms with Crippen molar-refractivity contribution in [2.45, 2.75) is 26.5 Å². The second-order valence-electron chi connectivity index (χ2n) is 8.08. The summed E-state index contributed by atoms with van der Waals surface area (Å²) in [5.74, 6) is 2.59. The van der Waals surface area contributed by atoms with Gasteiger partial charge in [-0.3, -0.25) is 0 Å². The van der Waals surface area contributed by atoms with Gasteiger partial charge in [-0.2, -0.15) is 0 Å². The third kappa shape index (κ3) is 4.81. The number of aryl methyl sites for hydroxylation is 2. The molecule has 0 saturated carbocycles. The molecule has 0 spiro atoms. The molecule has 0 saturated heterocycles. The van der Waals surface area contributed by atoms with Crippen molar-refractivity contribution in [3.8, 4) is 11.5 Å². The van der Waals surface area contributed by atoms with Crippen molar-refractivity contribution in [2.24, 2.45) is 0 Å². The fourth-order valence-corrected chi connectivity index (χ4v) is 4.13. The van der Waals surface area contributed by atoms with Crippen LogP contribution in [0.2, 0.25) is 5.02 Å². The van der Waals surface area contributed by atoms with Gasteiger partial charge < -0.3 is 14.0 Å². The summed E-state index contributed by atoms with van der Waals surface area (Å²) in [5.41, 5.74) is 3.10. The van der Waals surface area contributed by atoms with Crippen LogP contribution in [0.15, 0.2) is 84.9 Å². The van der Waals surface area contributed by atoms with Crippen LogP contribution >= 0.6 is 11.6 Å². The molecule has 166 valence electrons. The van der Waals surface area contributed by atoms with Crippen molar-refractivity contribution in [2.75, 3.05) is 6.61 Å². The Morgan fingerprint density at radius 2 is 1.58 bits per heavy atom. The highest BCUT2D eigenvalue weighted by molar-refractivity contribution is 6.31. The zero-order valence-corrected chi connectivity index (χ0v) is 19.3. The Labute approximate surface area is 198 Å². The van der Waals surface area contributed by atoms with Gasteiger partial charge in [0.15, 0.2) is 0 Å². The van der Waals surface area contributed by atoms with Crippen LogP contribution in [0.1, 0.15) is 17.8 Å². The van der Waals surface area contributed by atoms with Crippen LogP contribution < -0.4 is 9.47 Å². The number of ether oxygens (including phenoxy) is 2. The molecule has 0 atom stereocenters. The average Bonchev–Trinajstić information content (AvgIpc) is 3.20. The Kier molecular flexibility index (Phi) is 6.18. The van der Waals surface area contributed by atoms with Gasteiger partial charge in [-0.1, -0.05) is 54.1 Å². The summed E-state index contributed by atoms with van der Waals surface area (Å²) in [6.45, 7) is 3.79. The second kappa shape index (κ2) is 9.55. The van der Waals surface area contributed by atoms with Crippen LogP contribution in [0.4, 0.5) is 0 Å². The van der Waals surface area contributed by atoms with Gasteiger partial charge >= 0.3 is 0 Å². The van der Waals surface area contributed by atoms with Crippen LogP contribution in [0.5, 0.6) is 11.5 Å². The number of nitrogens with zero attached hydrogens (tertiary/aromatic N) is 2. The number of aromatic nitrogens is 2. The summed E-state index contributed by atoms with van der Waals surface area (Å²) in [4.78, 5) is 4.83. The molecule has 0 aliphatic heterocycles.